The minimum atomic E-state index is -5.11. The summed E-state index contributed by atoms with van der Waals surface area (Å²) in [4.78, 5) is 26.7. The SMILES string of the molecule is COC(=O)C(C[C@]12CC[C@H](Cl)C[C@H]1N(Cc1ccccc1)c1c(C)cccc12)NC(=O)C(F)(F)F. The number of amides is 1. The van der Waals surface area contributed by atoms with E-state index in [0.717, 1.165) is 29.5 Å². The van der Waals surface area contributed by atoms with Crippen molar-refractivity contribution >= 4 is 29.2 Å². The van der Waals surface area contributed by atoms with Crippen LogP contribution in [0.2, 0.25) is 0 Å². The molecule has 0 spiro atoms. The smallest absolute Gasteiger partial charge is 0.467 e. The predicted octanol–water partition coefficient (Wildman–Crippen LogP) is 5.02. The number of hydrogen-bond donors (Lipinski definition) is 1. The average molecular weight is 509 g/mol. The molecule has 188 valence electrons. The lowest BCUT2D eigenvalue weighted by Crippen LogP contribution is -2.55. The number of ether oxygens (including phenoxy) is 1. The number of nitrogens with one attached hydrogen (secondary N) is 1. The maximum absolute atomic E-state index is 13.1. The lowest BCUT2D eigenvalue weighted by atomic mass is 9.64. The highest BCUT2D eigenvalue weighted by molar-refractivity contribution is 6.20. The van der Waals surface area contributed by atoms with E-state index in [1.165, 1.54) is 0 Å². The highest BCUT2D eigenvalue weighted by atomic mass is 35.5. The van der Waals surface area contributed by atoms with Gasteiger partial charge in [-0.25, -0.2) is 4.79 Å². The second-order valence-electron chi connectivity index (χ2n) is 9.38. The number of nitrogens with zero attached hydrogens (tertiary/aromatic N) is 1. The van der Waals surface area contributed by atoms with Crippen molar-refractivity contribution in [1.82, 2.24) is 5.32 Å². The number of benzene rings is 2. The van der Waals surface area contributed by atoms with Crippen LogP contribution >= 0.6 is 11.6 Å². The largest absolute Gasteiger partial charge is 0.471 e. The summed E-state index contributed by atoms with van der Waals surface area (Å²) >= 11 is 6.63. The standard InChI is InChI=1S/C26H28ClF3N2O3/c1-16-7-6-10-19-22(16)32(15-17-8-4-3-5-9-17)21-13-18(27)11-12-25(19,21)14-20(23(33)35-2)31-24(34)26(28,29)30/h3-10,18,20-21H,11-15H2,1-2H3,(H,31,34)/t18-,20?,21+,25-/m0/s1. The first-order chi connectivity index (χ1) is 16.6. The number of methoxy groups -OCH3 is 1. The van der Waals surface area contributed by atoms with Crippen molar-refractivity contribution in [1.29, 1.82) is 0 Å². The van der Waals surface area contributed by atoms with Gasteiger partial charge in [-0.2, -0.15) is 13.2 Å². The summed E-state index contributed by atoms with van der Waals surface area (Å²) in [6.45, 7) is 2.59. The molecule has 1 amide bonds. The molecule has 5 nitrogen and oxygen atoms in total. The molecular weight excluding hydrogens is 481 g/mol. The van der Waals surface area contributed by atoms with Gasteiger partial charge < -0.3 is 15.0 Å². The third-order valence-electron chi connectivity index (χ3n) is 7.27. The van der Waals surface area contributed by atoms with Crippen LogP contribution in [0.5, 0.6) is 0 Å². The van der Waals surface area contributed by atoms with Gasteiger partial charge in [0.25, 0.3) is 0 Å². The van der Waals surface area contributed by atoms with E-state index in [9.17, 15) is 22.8 Å². The fourth-order valence-electron chi connectivity index (χ4n) is 5.76. The van der Waals surface area contributed by atoms with E-state index in [1.54, 1.807) is 0 Å². The number of rotatable bonds is 6. The summed E-state index contributed by atoms with van der Waals surface area (Å²) in [7, 11) is 1.11. The van der Waals surface area contributed by atoms with Crippen molar-refractivity contribution in [3.05, 3.63) is 65.2 Å². The van der Waals surface area contributed by atoms with Crippen molar-refractivity contribution in [2.45, 2.75) is 68.2 Å². The van der Waals surface area contributed by atoms with E-state index < -0.39 is 29.5 Å². The molecule has 1 saturated carbocycles. The van der Waals surface area contributed by atoms with Gasteiger partial charge in [-0.1, -0.05) is 48.5 Å². The number of alkyl halides is 4. The first-order valence-corrected chi connectivity index (χ1v) is 12.0. The molecule has 35 heavy (non-hydrogen) atoms. The molecule has 1 heterocycles. The van der Waals surface area contributed by atoms with Gasteiger partial charge in [0.15, 0.2) is 0 Å². The van der Waals surface area contributed by atoms with Crippen molar-refractivity contribution in [2.75, 3.05) is 12.0 Å². The Labute approximate surface area is 207 Å². The molecule has 9 heteroatoms. The molecule has 4 rings (SSSR count). The van der Waals surface area contributed by atoms with Crippen LogP contribution in [-0.4, -0.2) is 42.6 Å². The number of esters is 1. The van der Waals surface area contributed by atoms with Gasteiger partial charge in [-0.05, 0) is 49.3 Å². The molecule has 4 atom stereocenters. The normalized spacial score (nSPS) is 24.3. The maximum Gasteiger partial charge on any atom is 0.471 e. The van der Waals surface area contributed by atoms with E-state index in [-0.39, 0.29) is 17.8 Å². The number of fused-ring (bicyclic) bond motifs is 3. The van der Waals surface area contributed by atoms with E-state index in [1.807, 2.05) is 60.8 Å². The molecule has 1 aliphatic carbocycles. The molecule has 1 fully saturated rings. The van der Waals surface area contributed by atoms with Crippen molar-refractivity contribution < 1.29 is 27.5 Å². The Bertz CT molecular complexity index is 1090. The second kappa shape index (κ2) is 9.72. The van der Waals surface area contributed by atoms with Crippen LogP contribution in [0, 0.1) is 6.92 Å². The number of aryl methyl sites for hydroxylation is 1. The van der Waals surface area contributed by atoms with Gasteiger partial charge in [0.2, 0.25) is 0 Å². The fourth-order valence-corrected chi connectivity index (χ4v) is 6.04. The van der Waals surface area contributed by atoms with Crippen LogP contribution < -0.4 is 10.2 Å². The molecule has 2 aromatic rings. The minimum absolute atomic E-state index is 0.0164. The Hall–Kier alpha value is -2.74. The summed E-state index contributed by atoms with van der Waals surface area (Å²) in [5.41, 5.74) is 3.42. The molecular formula is C26H28ClF3N2O3. The number of anilines is 1. The first-order valence-electron chi connectivity index (χ1n) is 11.6. The van der Waals surface area contributed by atoms with Crippen LogP contribution in [0.1, 0.15) is 42.4 Å². The Balaban J connectivity index is 1.79. The number of carbonyl (C=O) groups excluding carboxylic acids is 2. The van der Waals surface area contributed by atoms with Gasteiger partial charge in [0.1, 0.15) is 6.04 Å². The van der Waals surface area contributed by atoms with Crippen molar-refractivity contribution in [3.8, 4) is 0 Å². The fraction of sp³-hybridized carbons (Fsp3) is 0.462. The van der Waals surface area contributed by atoms with E-state index >= 15 is 0 Å². The molecule has 1 N–H and O–H groups in total. The quantitative estimate of drug-likeness (QED) is 0.439. The number of halogens is 4. The molecule has 2 aliphatic rings. The average Bonchev–Trinajstić information content (AvgIpc) is 3.08. The number of carbonyl (C=O) groups is 2. The lowest BCUT2D eigenvalue weighted by molar-refractivity contribution is -0.176. The van der Waals surface area contributed by atoms with E-state index in [4.69, 9.17) is 16.3 Å². The first kappa shape index (κ1) is 25.4. The van der Waals surface area contributed by atoms with Crippen LogP contribution in [0.15, 0.2) is 48.5 Å². The molecule has 0 aromatic heterocycles. The monoisotopic (exact) mass is 508 g/mol. The van der Waals surface area contributed by atoms with E-state index in [0.29, 0.717) is 25.8 Å². The molecule has 1 aliphatic heterocycles. The third kappa shape index (κ3) is 4.85. The Kier molecular flexibility index (Phi) is 7.04. The topological polar surface area (TPSA) is 58.6 Å². The van der Waals surface area contributed by atoms with Crippen molar-refractivity contribution in [2.24, 2.45) is 0 Å². The maximum atomic E-state index is 13.1. The van der Waals surface area contributed by atoms with Gasteiger partial charge in [-0.3, -0.25) is 4.79 Å². The number of hydrogen-bond acceptors (Lipinski definition) is 4. The number of para-hydroxylation sites is 1. The van der Waals surface area contributed by atoms with Crippen molar-refractivity contribution in [3.63, 3.8) is 0 Å². The summed E-state index contributed by atoms with van der Waals surface area (Å²) in [6, 6.07) is 14.2. The molecule has 0 bridgehead atoms. The van der Waals surface area contributed by atoms with Gasteiger partial charge in [0.05, 0.1) is 7.11 Å². The minimum Gasteiger partial charge on any atom is -0.467 e. The Morgan fingerprint density at radius 2 is 1.91 bits per heavy atom. The zero-order valence-corrected chi connectivity index (χ0v) is 20.3. The van der Waals surface area contributed by atoms with Crippen LogP contribution in [0.3, 0.4) is 0 Å². The predicted molar refractivity (Wildman–Crippen MR) is 127 cm³/mol. The van der Waals surface area contributed by atoms with Gasteiger partial charge in [0, 0.05) is 29.1 Å². The Morgan fingerprint density at radius 3 is 2.57 bits per heavy atom. The third-order valence-corrected chi connectivity index (χ3v) is 7.67. The summed E-state index contributed by atoms with van der Waals surface area (Å²) in [5, 5.41) is 1.78. The van der Waals surface area contributed by atoms with Gasteiger partial charge in [-0.15, -0.1) is 11.6 Å². The Morgan fingerprint density at radius 1 is 1.20 bits per heavy atom. The van der Waals surface area contributed by atoms with Crippen LogP contribution in [0.4, 0.5) is 18.9 Å². The lowest BCUT2D eigenvalue weighted by Gasteiger charge is -2.46. The van der Waals surface area contributed by atoms with E-state index in [2.05, 4.69) is 4.90 Å². The van der Waals surface area contributed by atoms with Crippen LogP contribution in [0.25, 0.3) is 0 Å². The zero-order valence-electron chi connectivity index (χ0n) is 19.6. The summed E-state index contributed by atoms with van der Waals surface area (Å²) in [5.74, 6) is -3.06. The molecule has 2 aromatic carbocycles. The highest BCUT2D eigenvalue weighted by Crippen LogP contribution is 2.56. The summed E-state index contributed by atoms with van der Waals surface area (Å²) < 4.78 is 44.0. The molecule has 0 radical (unpaired) electrons. The highest BCUT2D eigenvalue weighted by Gasteiger charge is 2.55. The second-order valence-corrected chi connectivity index (χ2v) is 10.00. The zero-order chi connectivity index (χ0) is 25.4. The summed E-state index contributed by atoms with van der Waals surface area (Å²) in [6.07, 6.45) is -3.31. The van der Waals surface area contributed by atoms with Crippen LogP contribution in [-0.2, 0) is 26.3 Å². The van der Waals surface area contributed by atoms with Gasteiger partial charge >= 0.3 is 18.1 Å². The molecule has 0 saturated heterocycles. The molecule has 1 unspecified atom stereocenters.